The summed E-state index contributed by atoms with van der Waals surface area (Å²) in [5.74, 6) is 0.621. The highest BCUT2D eigenvalue weighted by atomic mass is 19.1. The van der Waals surface area contributed by atoms with Gasteiger partial charge in [-0.25, -0.2) is 4.39 Å². The topological polar surface area (TPSA) is 51.4 Å². The molecule has 23 heavy (non-hydrogen) atoms. The number of halogens is 1. The van der Waals surface area contributed by atoms with Crippen LogP contribution in [-0.4, -0.2) is 41.9 Å². The maximum Gasteiger partial charge on any atom is 0.247 e. The van der Waals surface area contributed by atoms with Gasteiger partial charge in [0, 0.05) is 12.7 Å². The van der Waals surface area contributed by atoms with Gasteiger partial charge in [-0.2, -0.15) is 0 Å². The summed E-state index contributed by atoms with van der Waals surface area (Å²) in [6, 6.07) is 6.19. The van der Waals surface area contributed by atoms with E-state index in [2.05, 4.69) is 22.0 Å². The van der Waals surface area contributed by atoms with E-state index in [0.717, 1.165) is 32.5 Å². The van der Waals surface area contributed by atoms with Crippen LogP contribution in [-0.2, 0) is 11.3 Å². The smallest absolute Gasteiger partial charge is 0.247 e. The first-order chi connectivity index (χ1) is 11.1. The van der Waals surface area contributed by atoms with Gasteiger partial charge >= 0.3 is 0 Å². The van der Waals surface area contributed by atoms with E-state index in [-0.39, 0.29) is 11.2 Å². The standard InChI is InChI=1S/C17H22FN3O2/c1-17(12-22-2)6-8-21(9-7-17)11-15-19-20-16(23-15)13-4-3-5-14(18)10-13/h3-5,10H,6-9,11-12H2,1-2H3. The summed E-state index contributed by atoms with van der Waals surface area (Å²) < 4.78 is 24.2. The van der Waals surface area contributed by atoms with E-state index in [1.807, 2.05) is 0 Å². The van der Waals surface area contributed by atoms with Crippen molar-refractivity contribution in [3.8, 4) is 11.5 Å². The van der Waals surface area contributed by atoms with Crippen molar-refractivity contribution in [2.24, 2.45) is 5.41 Å². The van der Waals surface area contributed by atoms with E-state index in [4.69, 9.17) is 9.15 Å². The fraction of sp³-hybridized carbons (Fsp3) is 0.529. The highest BCUT2D eigenvalue weighted by molar-refractivity contribution is 5.52. The fourth-order valence-electron chi connectivity index (χ4n) is 2.99. The number of ether oxygens (including phenoxy) is 1. The van der Waals surface area contributed by atoms with Gasteiger partial charge in [-0.3, -0.25) is 4.90 Å². The van der Waals surface area contributed by atoms with Gasteiger partial charge in [0.15, 0.2) is 0 Å². The van der Waals surface area contributed by atoms with E-state index in [9.17, 15) is 4.39 Å². The van der Waals surface area contributed by atoms with Gasteiger partial charge in [-0.1, -0.05) is 13.0 Å². The van der Waals surface area contributed by atoms with Gasteiger partial charge in [-0.05, 0) is 49.5 Å². The number of hydrogen-bond acceptors (Lipinski definition) is 5. The molecule has 1 saturated heterocycles. The molecule has 0 spiro atoms. The lowest BCUT2D eigenvalue weighted by atomic mass is 9.81. The number of benzene rings is 1. The zero-order valence-electron chi connectivity index (χ0n) is 13.6. The van der Waals surface area contributed by atoms with Crippen molar-refractivity contribution >= 4 is 0 Å². The first kappa shape index (κ1) is 16.1. The fourth-order valence-corrected chi connectivity index (χ4v) is 2.99. The predicted octanol–water partition coefficient (Wildman–Crippen LogP) is 3.12. The monoisotopic (exact) mass is 319 g/mol. The quantitative estimate of drug-likeness (QED) is 0.847. The summed E-state index contributed by atoms with van der Waals surface area (Å²) in [5.41, 5.74) is 0.863. The van der Waals surface area contributed by atoms with Crippen molar-refractivity contribution in [1.29, 1.82) is 0 Å². The summed E-state index contributed by atoms with van der Waals surface area (Å²) in [7, 11) is 1.75. The van der Waals surface area contributed by atoms with Gasteiger partial charge in [0.05, 0.1) is 13.2 Å². The molecule has 1 aliphatic heterocycles. The summed E-state index contributed by atoms with van der Waals surface area (Å²) in [6.45, 7) is 5.66. The van der Waals surface area contributed by atoms with Crippen LogP contribution in [0.5, 0.6) is 0 Å². The Labute approximate surface area is 135 Å². The number of nitrogens with zero attached hydrogens (tertiary/aromatic N) is 3. The lowest BCUT2D eigenvalue weighted by molar-refractivity contribution is 0.0300. The second kappa shape index (κ2) is 6.76. The molecular weight excluding hydrogens is 297 g/mol. The minimum Gasteiger partial charge on any atom is -0.419 e. The Kier molecular flexibility index (Phi) is 4.73. The van der Waals surface area contributed by atoms with Crippen LogP contribution in [0.3, 0.4) is 0 Å². The van der Waals surface area contributed by atoms with Crippen LogP contribution in [0.15, 0.2) is 28.7 Å². The van der Waals surface area contributed by atoms with Gasteiger partial charge < -0.3 is 9.15 Å². The number of piperidine rings is 1. The molecule has 124 valence electrons. The largest absolute Gasteiger partial charge is 0.419 e. The molecule has 1 aromatic heterocycles. The molecule has 2 heterocycles. The molecule has 0 amide bonds. The summed E-state index contributed by atoms with van der Waals surface area (Å²) in [5, 5.41) is 8.10. The molecule has 0 N–H and O–H groups in total. The molecule has 1 aliphatic rings. The number of methoxy groups -OCH3 is 1. The third kappa shape index (κ3) is 3.95. The van der Waals surface area contributed by atoms with Crippen molar-refractivity contribution < 1.29 is 13.5 Å². The van der Waals surface area contributed by atoms with Crippen LogP contribution in [0.4, 0.5) is 4.39 Å². The molecule has 0 bridgehead atoms. The molecule has 3 rings (SSSR count). The minimum atomic E-state index is -0.310. The third-order valence-corrected chi connectivity index (χ3v) is 4.45. The number of hydrogen-bond donors (Lipinski definition) is 0. The Hall–Kier alpha value is -1.79. The van der Waals surface area contributed by atoms with Crippen LogP contribution in [0.25, 0.3) is 11.5 Å². The number of likely N-dealkylation sites (tertiary alicyclic amines) is 1. The molecular formula is C17H22FN3O2. The molecule has 2 aromatic rings. The molecule has 0 saturated carbocycles. The highest BCUT2D eigenvalue weighted by Crippen LogP contribution is 2.31. The molecule has 1 aromatic carbocycles. The molecule has 1 fully saturated rings. The van der Waals surface area contributed by atoms with Crippen molar-refractivity contribution in [3.05, 3.63) is 36.0 Å². The Balaban J connectivity index is 1.60. The van der Waals surface area contributed by atoms with Crippen molar-refractivity contribution in [3.63, 3.8) is 0 Å². The van der Waals surface area contributed by atoms with Crippen LogP contribution in [0.2, 0.25) is 0 Å². The molecule has 6 heteroatoms. The first-order valence-electron chi connectivity index (χ1n) is 7.88. The number of rotatable bonds is 5. The Morgan fingerprint density at radius 3 is 2.78 bits per heavy atom. The lowest BCUT2D eigenvalue weighted by Gasteiger charge is -2.38. The van der Waals surface area contributed by atoms with Crippen LogP contribution in [0.1, 0.15) is 25.7 Å². The molecule has 0 radical (unpaired) electrons. The Morgan fingerprint density at radius 2 is 2.09 bits per heavy atom. The predicted molar refractivity (Wildman–Crippen MR) is 84.2 cm³/mol. The van der Waals surface area contributed by atoms with Crippen LogP contribution >= 0.6 is 0 Å². The molecule has 0 unspecified atom stereocenters. The number of aromatic nitrogens is 2. The average Bonchev–Trinajstić information content (AvgIpc) is 2.99. The van der Waals surface area contributed by atoms with Gasteiger partial charge in [0.25, 0.3) is 0 Å². The van der Waals surface area contributed by atoms with Crippen molar-refractivity contribution in [2.75, 3.05) is 26.8 Å². The van der Waals surface area contributed by atoms with Crippen LogP contribution in [0, 0.1) is 11.2 Å². The zero-order valence-corrected chi connectivity index (χ0v) is 13.6. The first-order valence-corrected chi connectivity index (χ1v) is 7.88. The van der Waals surface area contributed by atoms with Crippen molar-refractivity contribution in [1.82, 2.24) is 15.1 Å². The normalized spacial score (nSPS) is 18.2. The zero-order chi connectivity index (χ0) is 16.3. The highest BCUT2D eigenvalue weighted by Gasteiger charge is 2.30. The molecule has 0 aliphatic carbocycles. The van der Waals surface area contributed by atoms with E-state index >= 15 is 0 Å². The molecule has 5 nitrogen and oxygen atoms in total. The van der Waals surface area contributed by atoms with E-state index in [1.165, 1.54) is 12.1 Å². The van der Waals surface area contributed by atoms with Gasteiger partial charge in [0.2, 0.25) is 11.8 Å². The third-order valence-electron chi connectivity index (χ3n) is 4.45. The van der Waals surface area contributed by atoms with E-state index < -0.39 is 0 Å². The summed E-state index contributed by atoms with van der Waals surface area (Å²) >= 11 is 0. The maximum absolute atomic E-state index is 13.3. The summed E-state index contributed by atoms with van der Waals surface area (Å²) in [4.78, 5) is 2.31. The molecule has 0 atom stereocenters. The lowest BCUT2D eigenvalue weighted by Crippen LogP contribution is -2.40. The van der Waals surface area contributed by atoms with Crippen LogP contribution < -0.4 is 0 Å². The van der Waals surface area contributed by atoms with E-state index in [0.29, 0.717) is 23.9 Å². The van der Waals surface area contributed by atoms with Gasteiger partial charge in [0.1, 0.15) is 5.82 Å². The second-order valence-electron chi connectivity index (χ2n) is 6.53. The van der Waals surface area contributed by atoms with Gasteiger partial charge in [-0.15, -0.1) is 10.2 Å². The second-order valence-corrected chi connectivity index (χ2v) is 6.53. The maximum atomic E-state index is 13.3. The Morgan fingerprint density at radius 1 is 1.30 bits per heavy atom. The minimum absolute atomic E-state index is 0.257. The Bertz CT molecular complexity index is 651. The SMILES string of the molecule is COCC1(C)CCN(Cc2nnc(-c3cccc(F)c3)o2)CC1. The summed E-state index contributed by atoms with van der Waals surface area (Å²) in [6.07, 6.45) is 2.18. The average molecular weight is 319 g/mol. The van der Waals surface area contributed by atoms with Crippen molar-refractivity contribution in [2.45, 2.75) is 26.3 Å². The van der Waals surface area contributed by atoms with E-state index in [1.54, 1.807) is 19.2 Å².